The molecule has 0 bridgehead atoms. The Morgan fingerprint density at radius 3 is 2.50 bits per heavy atom. The molecule has 2 N–H and O–H groups in total. The number of carbonyl (C=O) groups is 1. The summed E-state index contributed by atoms with van der Waals surface area (Å²) >= 11 is 0. The van der Waals surface area contributed by atoms with Crippen molar-refractivity contribution in [3.05, 3.63) is 29.8 Å². The van der Waals surface area contributed by atoms with Gasteiger partial charge in [0.1, 0.15) is 6.17 Å². The molecule has 1 aromatic rings. The first kappa shape index (κ1) is 10.5. The second-order valence-electron chi connectivity index (χ2n) is 3.04. The van der Waals surface area contributed by atoms with Crippen molar-refractivity contribution in [3.63, 3.8) is 0 Å². The zero-order valence-electron chi connectivity index (χ0n) is 7.83. The van der Waals surface area contributed by atoms with Crippen LogP contribution in [0.15, 0.2) is 24.3 Å². The van der Waals surface area contributed by atoms with E-state index < -0.39 is 12.1 Å². The summed E-state index contributed by atoms with van der Waals surface area (Å²) in [5.74, 6) is -0.963. The number of halogens is 1. The van der Waals surface area contributed by atoms with Crippen LogP contribution in [-0.4, -0.2) is 23.8 Å². The first-order valence-electron chi connectivity index (χ1n) is 4.31. The van der Waals surface area contributed by atoms with Crippen molar-refractivity contribution in [1.29, 1.82) is 0 Å². The predicted octanol–water partition coefficient (Wildman–Crippen LogP) is 2.15. The standard InChI is InChI=1S/C10H12FNO2/c1-7(11)6-12-9-4-2-8(3-5-9)10(13)14/h2-5,7,12H,6H2,1H3,(H,13,14). The lowest BCUT2D eigenvalue weighted by Crippen LogP contribution is -2.11. The van der Waals surface area contributed by atoms with Crippen molar-refractivity contribution >= 4 is 11.7 Å². The maximum Gasteiger partial charge on any atom is 0.335 e. The van der Waals surface area contributed by atoms with Gasteiger partial charge in [-0.05, 0) is 31.2 Å². The van der Waals surface area contributed by atoms with Crippen molar-refractivity contribution in [2.24, 2.45) is 0 Å². The molecular weight excluding hydrogens is 185 g/mol. The molecule has 0 heterocycles. The van der Waals surface area contributed by atoms with Crippen LogP contribution in [0.2, 0.25) is 0 Å². The van der Waals surface area contributed by atoms with Gasteiger partial charge in [0, 0.05) is 12.2 Å². The quantitative estimate of drug-likeness (QED) is 0.777. The molecule has 0 aliphatic rings. The molecule has 76 valence electrons. The van der Waals surface area contributed by atoms with Crippen LogP contribution in [-0.2, 0) is 0 Å². The van der Waals surface area contributed by atoms with Gasteiger partial charge < -0.3 is 10.4 Å². The Bertz CT molecular complexity index is 308. The summed E-state index contributed by atoms with van der Waals surface area (Å²) in [5, 5.41) is 11.5. The number of hydrogen-bond donors (Lipinski definition) is 2. The number of aromatic carboxylic acids is 1. The van der Waals surface area contributed by atoms with Gasteiger partial charge in [0.15, 0.2) is 0 Å². The SMILES string of the molecule is CC(F)CNc1ccc(C(=O)O)cc1. The van der Waals surface area contributed by atoms with E-state index in [0.29, 0.717) is 0 Å². The Morgan fingerprint density at radius 2 is 2.07 bits per heavy atom. The lowest BCUT2D eigenvalue weighted by Gasteiger charge is -2.06. The van der Waals surface area contributed by atoms with E-state index in [-0.39, 0.29) is 12.1 Å². The van der Waals surface area contributed by atoms with Crippen LogP contribution in [0.5, 0.6) is 0 Å². The van der Waals surface area contributed by atoms with Crippen molar-refractivity contribution < 1.29 is 14.3 Å². The maximum absolute atomic E-state index is 12.4. The van der Waals surface area contributed by atoms with E-state index in [2.05, 4.69) is 5.32 Å². The van der Waals surface area contributed by atoms with Gasteiger partial charge in [0.25, 0.3) is 0 Å². The molecule has 1 rings (SSSR count). The third-order valence-electron chi connectivity index (χ3n) is 1.72. The summed E-state index contributed by atoms with van der Waals surface area (Å²) in [6, 6.07) is 6.19. The highest BCUT2D eigenvalue weighted by atomic mass is 19.1. The van der Waals surface area contributed by atoms with Crippen LogP contribution in [0, 0.1) is 0 Å². The predicted molar refractivity (Wildman–Crippen MR) is 52.5 cm³/mol. The average molecular weight is 197 g/mol. The topological polar surface area (TPSA) is 49.3 Å². The molecule has 0 aromatic heterocycles. The summed E-state index contributed by atoms with van der Waals surface area (Å²) < 4.78 is 12.4. The van der Waals surface area contributed by atoms with Gasteiger partial charge in [-0.15, -0.1) is 0 Å². The van der Waals surface area contributed by atoms with Gasteiger partial charge in [-0.3, -0.25) is 0 Å². The second kappa shape index (κ2) is 4.60. The molecule has 0 aliphatic carbocycles. The van der Waals surface area contributed by atoms with Crippen LogP contribution in [0.4, 0.5) is 10.1 Å². The van der Waals surface area contributed by atoms with Gasteiger partial charge in [0.05, 0.1) is 5.56 Å². The van der Waals surface area contributed by atoms with E-state index in [0.717, 1.165) is 5.69 Å². The molecule has 14 heavy (non-hydrogen) atoms. The minimum atomic E-state index is -0.963. The Kier molecular flexibility index (Phi) is 3.45. The molecule has 0 saturated carbocycles. The molecule has 4 heteroatoms. The first-order valence-corrected chi connectivity index (χ1v) is 4.31. The number of anilines is 1. The van der Waals surface area contributed by atoms with E-state index in [1.807, 2.05) is 0 Å². The number of benzene rings is 1. The van der Waals surface area contributed by atoms with Crippen LogP contribution in [0.25, 0.3) is 0 Å². The van der Waals surface area contributed by atoms with E-state index in [1.165, 1.54) is 19.1 Å². The second-order valence-corrected chi connectivity index (χ2v) is 3.04. The fraction of sp³-hybridized carbons (Fsp3) is 0.300. The number of hydrogen-bond acceptors (Lipinski definition) is 2. The summed E-state index contributed by atoms with van der Waals surface area (Å²) in [5.41, 5.74) is 0.948. The van der Waals surface area contributed by atoms with Crippen molar-refractivity contribution in [3.8, 4) is 0 Å². The Balaban J connectivity index is 2.60. The summed E-state index contributed by atoms with van der Waals surface area (Å²) in [6.07, 6.45) is -0.922. The van der Waals surface area contributed by atoms with Crippen molar-refractivity contribution in [2.45, 2.75) is 13.1 Å². The van der Waals surface area contributed by atoms with Gasteiger partial charge in [-0.2, -0.15) is 0 Å². The molecule has 1 aromatic carbocycles. The largest absolute Gasteiger partial charge is 0.478 e. The van der Waals surface area contributed by atoms with Crippen LogP contribution in [0.3, 0.4) is 0 Å². The third-order valence-corrected chi connectivity index (χ3v) is 1.72. The first-order chi connectivity index (χ1) is 6.59. The molecule has 3 nitrogen and oxygen atoms in total. The zero-order chi connectivity index (χ0) is 10.6. The molecular formula is C10H12FNO2. The number of carboxylic acid groups (broad SMARTS) is 1. The Labute approximate surface area is 81.6 Å². The number of rotatable bonds is 4. The van der Waals surface area contributed by atoms with Gasteiger partial charge >= 0.3 is 5.97 Å². The fourth-order valence-corrected chi connectivity index (χ4v) is 0.989. The normalized spacial score (nSPS) is 12.1. The van der Waals surface area contributed by atoms with Crippen molar-refractivity contribution in [2.75, 3.05) is 11.9 Å². The fourth-order valence-electron chi connectivity index (χ4n) is 0.989. The molecule has 0 radical (unpaired) electrons. The number of nitrogens with one attached hydrogen (secondary N) is 1. The van der Waals surface area contributed by atoms with Crippen LogP contribution in [0.1, 0.15) is 17.3 Å². The molecule has 0 fully saturated rings. The number of carboxylic acids is 1. The molecule has 0 spiro atoms. The highest BCUT2D eigenvalue weighted by Crippen LogP contribution is 2.09. The highest BCUT2D eigenvalue weighted by Gasteiger charge is 2.02. The van der Waals surface area contributed by atoms with Gasteiger partial charge in [-0.1, -0.05) is 0 Å². The summed E-state index contributed by atoms with van der Waals surface area (Å²) in [6.45, 7) is 1.69. The monoisotopic (exact) mass is 197 g/mol. The lowest BCUT2D eigenvalue weighted by molar-refractivity contribution is 0.0697. The molecule has 0 saturated heterocycles. The number of alkyl halides is 1. The minimum absolute atomic E-state index is 0.226. The summed E-state index contributed by atoms with van der Waals surface area (Å²) in [4.78, 5) is 10.5. The third kappa shape index (κ3) is 3.05. The van der Waals surface area contributed by atoms with E-state index in [1.54, 1.807) is 12.1 Å². The Hall–Kier alpha value is -1.58. The molecule has 0 amide bonds. The maximum atomic E-state index is 12.4. The van der Waals surface area contributed by atoms with E-state index in [4.69, 9.17) is 5.11 Å². The zero-order valence-corrected chi connectivity index (χ0v) is 7.83. The molecule has 0 aliphatic heterocycles. The molecule has 1 unspecified atom stereocenters. The van der Waals surface area contributed by atoms with Crippen molar-refractivity contribution in [1.82, 2.24) is 0 Å². The minimum Gasteiger partial charge on any atom is -0.478 e. The summed E-state index contributed by atoms with van der Waals surface area (Å²) in [7, 11) is 0. The molecule has 1 atom stereocenters. The van der Waals surface area contributed by atoms with Gasteiger partial charge in [0.2, 0.25) is 0 Å². The Morgan fingerprint density at radius 1 is 1.50 bits per heavy atom. The van der Waals surface area contributed by atoms with Crippen LogP contribution < -0.4 is 5.32 Å². The lowest BCUT2D eigenvalue weighted by atomic mass is 10.2. The smallest absolute Gasteiger partial charge is 0.335 e. The average Bonchev–Trinajstić information content (AvgIpc) is 2.15. The van der Waals surface area contributed by atoms with E-state index in [9.17, 15) is 9.18 Å². The highest BCUT2D eigenvalue weighted by molar-refractivity contribution is 5.87. The van der Waals surface area contributed by atoms with Crippen LogP contribution >= 0.6 is 0 Å². The van der Waals surface area contributed by atoms with Gasteiger partial charge in [-0.25, -0.2) is 9.18 Å². The van der Waals surface area contributed by atoms with E-state index >= 15 is 0 Å².